The van der Waals surface area contributed by atoms with Gasteiger partial charge < -0.3 is 20.3 Å². The Morgan fingerprint density at radius 2 is 1.63 bits per heavy atom. The highest BCUT2D eigenvalue weighted by Crippen LogP contribution is 2.31. The quantitative estimate of drug-likeness (QED) is 0.197. The van der Waals surface area contributed by atoms with Crippen LogP contribution in [0.3, 0.4) is 0 Å². The Hall–Kier alpha value is -4.49. The largest absolute Gasteiger partial charge is 0.438 e. The number of piperidine rings is 1. The first-order valence-corrected chi connectivity index (χ1v) is 15.1. The summed E-state index contributed by atoms with van der Waals surface area (Å²) < 4.78 is 5.96. The molecule has 7 nitrogen and oxygen atoms in total. The van der Waals surface area contributed by atoms with Crippen molar-refractivity contribution in [2.75, 3.05) is 25.0 Å². The molecule has 0 bridgehead atoms. The maximum Gasteiger partial charge on any atom is 0.257 e. The van der Waals surface area contributed by atoms with E-state index in [0.717, 1.165) is 50.1 Å². The number of rotatable bonds is 11. The lowest BCUT2D eigenvalue weighted by molar-refractivity contribution is -0.118. The summed E-state index contributed by atoms with van der Waals surface area (Å²) in [5.74, 6) is 1.15. The maximum atomic E-state index is 13.6. The van der Waals surface area contributed by atoms with Crippen molar-refractivity contribution in [3.63, 3.8) is 0 Å². The van der Waals surface area contributed by atoms with Gasteiger partial charge in [0, 0.05) is 24.3 Å². The molecular weight excluding hydrogens is 536 g/mol. The number of carbonyl (C=O) groups excluding carboxylic acids is 2. The molecule has 1 aliphatic heterocycles. The van der Waals surface area contributed by atoms with E-state index in [4.69, 9.17) is 4.74 Å². The topological polar surface area (TPSA) is 83.6 Å². The summed E-state index contributed by atoms with van der Waals surface area (Å²) in [7, 11) is 0. The molecule has 5 rings (SSSR count). The van der Waals surface area contributed by atoms with E-state index in [1.165, 1.54) is 5.56 Å². The molecule has 0 unspecified atom stereocenters. The lowest BCUT2D eigenvalue weighted by atomic mass is 9.89. The number of ether oxygens (including phenoxy) is 1. The second-order valence-corrected chi connectivity index (χ2v) is 11.4. The maximum absolute atomic E-state index is 13.6. The average Bonchev–Trinajstić information content (AvgIpc) is 3.04. The fraction of sp³-hybridized carbons (Fsp3) is 0.306. The Morgan fingerprint density at radius 3 is 2.35 bits per heavy atom. The van der Waals surface area contributed by atoms with Crippen molar-refractivity contribution in [2.24, 2.45) is 5.92 Å². The van der Waals surface area contributed by atoms with Crippen molar-refractivity contribution in [3.8, 4) is 11.6 Å². The summed E-state index contributed by atoms with van der Waals surface area (Å²) in [6.45, 7) is 6.65. The molecule has 1 aromatic heterocycles. The molecule has 1 atom stereocenters. The molecule has 0 aliphatic carbocycles. The van der Waals surface area contributed by atoms with Crippen LogP contribution in [0.15, 0.2) is 103 Å². The van der Waals surface area contributed by atoms with Gasteiger partial charge in [-0.1, -0.05) is 74.5 Å². The van der Waals surface area contributed by atoms with Gasteiger partial charge in [-0.2, -0.15) is 0 Å². The van der Waals surface area contributed by atoms with Crippen molar-refractivity contribution in [1.29, 1.82) is 0 Å². The molecule has 3 aromatic carbocycles. The molecule has 0 spiro atoms. The minimum Gasteiger partial charge on any atom is -0.438 e. The van der Waals surface area contributed by atoms with Crippen LogP contribution in [0.2, 0.25) is 0 Å². The monoisotopic (exact) mass is 576 g/mol. The molecule has 7 heteroatoms. The molecule has 2 amide bonds. The smallest absolute Gasteiger partial charge is 0.257 e. The third-order valence-electron chi connectivity index (χ3n) is 7.95. The molecule has 43 heavy (non-hydrogen) atoms. The van der Waals surface area contributed by atoms with Gasteiger partial charge in [0.2, 0.25) is 11.8 Å². The summed E-state index contributed by atoms with van der Waals surface area (Å²) in [5, 5.41) is 6.28. The van der Waals surface area contributed by atoms with Crippen molar-refractivity contribution in [3.05, 3.63) is 120 Å². The van der Waals surface area contributed by atoms with E-state index in [-0.39, 0.29) is 29.7 Å². The number of para-hydroxylation sites is 1. The Morgan fingerprint density at radius 1 is 0.907 bits per heavy atom. The predicted molar refractivity (Wildman–Crippen MR) is 170 cm³/mol. The van der Waals surface area contributed by atoms with Gasteiger partial charge >= 0.3 is 0 Å². The molecule has 1 saturated heterocycles. The van der Waals surface area contributed by atoms with Gasteiger partial charge in [0.15, 0.2) is 0 Å². The first-order valence-electron chi connectivity index (χ1n) is 15.1. The summed E-state index contributed by atoms with van der Waals surface area (Å²) in [6, 6.07) is 31.1. The van der Waals surface area contributed by atoms with Crippen molar-refractivity contribution in [1.82, 2.24) is 15.2 Å². The van der Waals surface area contributed by atoms with Gasteiger partial charge in [0.1, 0.15) is 11.3 Å². The van der Waals surface area contributed by atoms with E-state index in [1.54, 1.807) is 18.3 Å². The average molecular weight is 577 g/mol. The van der Waals surface area contributed by atoms with Gasteiger partial charge in [-0.3, -0.25) is 9.59 Å². The molecular formula is C36H40N4O3. The number of carbonyl (C=O) groups is 2. The molecule has 4 aromatic rings. The lowest BCUT2D eigenvalue weighted by Crippen LogP contribution is -2.36. The number of pyridine rings is 1. The fourth-order valence-electron chi connectivity index (χ4n) is 5.45. The van der Waals surface area contributed by atoms with Crippen LogP contribution in [0, 0.1) is 5.92 Å². The zero-order valence-corrected chi connectivity index (χ0v) is 24.9. The molecule has 222 valence electrons. The number of benzene rings is 3. The molecule has 1 fully saturated rings. The third kappa shape index (κ3) is 8.30. The van der Waals surface area contributed by atoms with Crippen molar-refractivity contribution < 1.29 is 14.3 Å². The number of nitrogens with one attached hydrogen (secondary N) is 2. The SMILES string of the molecule is CC(C)C(=O)Nc1cccc(C2CCN(CC[C@H](NC(=O)c3cccnc3Oc3ccccc3)c3ccccc3)CC2)c1. The van der Waals surface area contributed by atoms with Gasteiger partial charge in [-0.25, -0.2) is 4.98 Å². The minimum atomic E-state index is -0.212. The predicted octanol–water partition coefficient (Wildman–Crippen LogP) is 7.21. The standard InChI is InChI=1S/C36H40N4O3/c1-26(2)34(41)38-30-14-9-13-29(25-30)27-18-22-40(23-19-27)24-20-33(28-11-5-3-6-12-28)39-35(42)32-17-10-21-37-36(32)43-31-15-7-4-8-16-31/h3-17,21,25-27,33H,18-20,22-24H2,1-2H3,(H,38,41)(H,39,42)/t33-/m0/s1. The van der Waals surface area contributed by atoms with Crippen LogP contribution in [-0.2, 0) is 4.79 Å². The summed E-state index contributed by atoms with van der Waals surface area (Å²) in [6.07, 6.45) is 4.53. The van der Waals surface area contributed by atoms with E-state index >= 15 is 0 Å². The Labute approximate surface area is 254 Å². The highest BCUT2D eigenvalue weighted by Gasteiger charge is 2.24. The minimum absolute atomic E-state index is 0.0375. The van der Waals surface area contributed by atoms with Crippen molar-refractivity contribution >= 4 is 17.5 Å². The number of hydrogen-bond acceptors (Lipinski definition) is 5. The first-order chi connectivity index (χ1) is 21.0. The molecule has 2 heterocycles. The second-order valence-electron chi connectivity index (χ2n) is 11.4. The van der Waals surface area contributed by atoms with Crippen LogP contribution in [0.1, 0.15) is 66.6 Å². The van der Waals surface area contributed by atoms with Gasteiger partial charge in [-0.15, -0.1) is 0 Å². The van der Waals surface area contributed by atoms with E-state index in [9.17, 15) is 9.59 Å². The van der Waals surface area contributed by atoms with E-state index in [1.807, 2.05) is 74.5 Å². The number of anilines is 1. The molecule has 0 radical (unpaired) electrons. The van der Waals surface area contributed by atoms with Crippen LogP contribution >= 0.6 is 0 Å². The highest BCUT2D eigenvalue weighted by molar-refractivity contribution is 5.96. The van der Waals surface area contributed by atoms with Crippen LogP contribution in [0.25, 0.3) is 0 Å². The van der Waals surface area contributed by atoms with Crippen LogP contribution in [0.4, 0.5) is 5.69 Å². The third-order valence-corrected chi connectivity index (χ3v) is 7.95. The van der Waals surface area contributed by atoms with Crippen LogP contribution < -0.4 is 15.4 Å². The number of nitrogens with zero attached hydrogens (tertiary/aromatic N) is 2. The van der Waals surface area contributed by atoms with Crippen molar-refractivity contribution in [2.45, 2.75) is 45.1 Å². The number of aromatic nitrogens is 1. The van der Waals surface area contributed by atoms with Crippen LogP contribution in [-0.4, -0.2) is 41.3 Å². The zero-order chi connectivity index (χ0) is 30.0. The Balaban J connectivity index is 1.20. The van der Waals surface area contributed by atoms with Gasteiger partial charge in [-0.05, 0) is 85.8 Å². The zero-order valence-electron chi connectivity index (χ0n) is 24.9. The lowest BCUT2D eigenvalue weighted by Gasteiger charge is -2.33. The first kappa shape index (κ1) is 30.0. The molecule has 2 N–H and O–H groups in total. The van der Waals surface area contributed by atoms with Gasteiger partial charge in [0.05, 0.1) is 6.04 Å². The fourth-order valence-corrected chi connectivity index (χ4v) is 5.45. The van der Waals surface area contributed by atoms with E-state index in [2.05, 4.69) is 44.8 Å². The number of likely N-dealkylation sites (tertiary alicyclic amines) is 1. The summed E-state index contributed by atoms with van der Waals surface area (Å²) in [5.41, 5.74) is 3.62. The van der Waals surface area contributed by atoms with E-state index in [0.29, 0.717) is 17.2 Å². The molecule has 1 aliphatic rings. The Kier molecular flexibility index (Phi) is 10.2. The van der Waals surface area contributed by atoms with Gasteiger partial charge in [0.25, 0.3) is 5.91 Å². The highest BCUT2D eigenvalue weighted by atomic mass is 16.5. The molecule has 0 saturated carbocycles. The summed E-state index contributed by atoms with van der Waals surface area (Å²) in [4.78, 5) is 32.5. The normalized spacial score (nSPS) is 14.7. The second kappa shape index (κ2) is 14.6. The van der Waals surface area contributed by atoms with E-state index < -0.39 is 0 Å². The van der Waals surface area contributed by atoms with Crippen LogP contribution in [0.5, 0.6) is 11.6 Å². The summed E-state index contributed by atoms with van der Waals surface area (Å²) >= 11 is 0. The Bertz CT molecular complexity index is 1480. The number of hydrogen-bond donors (Lipinski definition) is 2. The number of amides is 2.